The third kappa shape index (κ3) is 2.53. The predicted octanol–water partition coefficient (Wildman–Crippen LogP) is 2.13. The summed E-state index contributed by atoms with van der Waals surface area (Å²) in [6.07, 6.45) is 6.10. The molecule has 1 aromatic rings. The third-order valence-corrected chi connectivity index (χ3v) is 3.32. The third-order valence-electron chi connectivity index (χ3n) is 3.32. The highest BCUT2D eigenvalue weighted by Crippen LogP contribution is 2.22. The van der Waals surface area contributed by atoms with Crippen LogP contribution in [-0.2, 0) is 0 Å². The Morgan fingerprint density at radius 2 is 2.00 bits per heavy atom. The summed E-state index contributed by atoms with van der Waals surface area (Å²) < 4.78 is 0. The minimum atomic E-state index is 0.387. The molecule has 2 N–H and O–H groups in total. The van der Waals surface area contributed by atoms with Gasteiger partial charge in [0.2, 0.25) is 0 Å². The molecule has 1 saturated heterocycles. The lowest BCUT2D eigenvalue weighted by molar-refractivity contribution is 0.501. The second-order valence-electron chi connectivity index (χ2n) is 4.96. The van der Waals surface area contributed by atoms with Gasteiger partial charge >= 0.3 is 0 Å². The molecule has 16 heavy (non-hydrogen) atoms. The summed E-state index contributed by atoms with van der Waals surface area (Å²) in [6.45, 7) is 6.52. The number of hydrogen-bond acceptors (Lipinski definition) is 3. The van der Waals surface area contributed by atoms with Crippen molar-refractivity contribution in [1.82, 2.24) is 4.98 Å². The second-order valence-corrected chi connectivity index (χ2v) is 4.96. The van der Waals surface area contributed by atoms with Crippen molar-refractivity contribution in [3.8, 4) is 0 Å². The molecular formula is C13H21N3. The molecule has 0 bridgehead atoms. The Labute approximate surface area is 97.7 Å². The van der Waals surface area contributed by atoms with Crippen LogP contribution < -0.4 is 10.6 Å². The van der Waals surface area contributed by atoms with Crippen molar-refractivity contribution in [3.63, 3.8) is 0 Å². The van der Waals surface area contributed by atoms with Crippen molar-refractivity contribution in [2.45, 2.75) is 38.6 Å². The largest absolute Gasteiger partial charge is 0.370 e. The van der Waals surface area contributed by atoms with Crippen LogP contribution in [0.25, 0.3) is 0 Å². The van der Waals surface area contributed by atoms with Crippen molar-refractivity contribution in [2.75, 3.05) is 18.0 Å². The molecule has 0 aliphatic carbocycles. The van der Waals surface area contributed by atoms with Crippen molar-refractivity contribution in [1.29, 1.82) is 0 Å². The van der Waals surface area contributed by atoms with E-state index in [0.29, 0.717) is 12.0 Å². The summed E-state index contributed by atoms with van der Waals surface area (Å²) >= 11 is 0. The lowest BCUT2D eigenvalue weighted by Gasteiger charge is -2.32. The van der Waals surface area contributed by atoms with Gasteiger partial charge in [-0.1, -0.05) is 13.8 Å². The van der Waals surface area contributed by atoms with Crippen LogP contribution in [0.5, 0.6) is 0 Å². The first-order valence-corrected chi connectivity index (χ1v) is 6.12. The number of anilines is 1. The summed E-state index contributed by atoms with van der Waals surface area (Å²) in [5, 5.41) is 0. The lowest BCUT2D eigenvalue weighted by Crippen LogP contribution is -2.39. The Hall–Kier alpha value is -1.09. The number of nitrogens with zero attached hydrogens (tertiary/aromatic N) is 2. The van der Waals surface area contributed by atoms with E-state index in [1.54, 1.807) is 0 Å². The topological polar surface area (TPSA) is 42.2 Å². The van der Waals surface area contributed by atoms with Gasteiger partial charge in [0.15, 0.2) is 0 Å². The molecule has 0 atom stereocenters. The maximum Gasteiger partial charge on any atom is 0.0555 e. The molecule has 1 fully saturated rings. The number of piperidine rings is 1. The SMILES string of the molecule is CC(C)c1cncc(N2CCC(N)CC2)c1. The normalized spacial score (nSPS) is 18.1. The number of pyridine rings is 1. The average molecular weight is 219 g/mol. The predicted molar refractivity (Wildman–Crippen MR) is 67.7 cm³/mol. The number of aromatic nitrogens is 1. The van der Waals surface area contributed by atoms with Crippen LogP contribution in [0.3, 0.4) is 0 Å². The first-order chi connectivity index (χ1) is 7.66. The summed E-state index contributed by atoms with van der Waals surface area (Å²) in [7, 11) is 0. The molecular weight excluding hydrogens is 198 g/mol. The molecule has 88 valence electrons. The van der Waals surface area contributed by atoms with E-state index in [1.807, 2.05) is 12.4 Å². The zero-order chi connectivity index (χ0) is 11.5. The zero-order valence-corrected chi connectivity index (χ0v) is 10.2. The molecule has 1 aliphatic heterocycles. The summed E-state index contributed by atoms with van der Waals surface area (Å²) in [5.41, 5.74) is 8.47. The first-order valence-electron chi connectivity index (χ1n) is 6.12. The molecule has 2 rings (SSSR count). The quantitative estimate of drug-likeness (QED) is 0.828. The number of hydrogen-bond donors (Lipinski definition) is 1. The van der Waals surface area contributed by atoms with Gasteiger partial charge in [0.25, 0.3) is 0 Å². The zero-order valence-electron chi connectivity index (χ0n) is 10.2. The minimum Gasteiger partial charge on any atom is -0.370 e. The molecule has 2 heterocycles. The highest BCUT2D eigenvalue weighted by Gasteiger charge is 2.16. The first kappa shape index (κ1) is 11.4. The summed E-state index contributed by atoms with van der Waals surface area (Å²) in [5.74, 6) is 0.541. The fraction of sp³-hybridized carbons (Fsp3) is 0.615. The molecule has 3 heteroatoms. The number of nitrogens with two attached hydrogens (primary N) is 1. The van der Waals surface area contributed by atoms with Crippen molar-refractivity contribution in [3.05, 3.63) is 24.0 Å². The van der Waals surface area contributed by atoms with Crippen LogP contribution in [0.1, 0.15) is 38.2 Å². The van der Waals surface area contributed by atoms with Crippen LogP contribution in [-0.4, -0.2) is 24.1 Å². The molecule has 0 amide bonds. The van der Waals surface area contributed by atoms with E-state index in [-0.39, 0.29) is 0 Å². The average Bonchev–Trinajstić information content (AvgIpc) is 2.30. The standard InChI is InChI=1S/C13H21N3/c1-10(2)11-7-13(9-15-8-11)16-5-3-12(14)4-6-16/h7-10,12H,3-6,14H2,1-2H3. The maximum absolute atomic E-state index is 5.91. The van der Waals surface area contributed by atoms with Crippen LogP contribution >= 0.6 is 0 Å². The van der Waals surface area contributed by atoms with E-state index in [2.05, 4.69) is 29.8 Å². The van der Waals surface area contributed by atoms with Crippen molar-refractivity contribution >= 4 is 5.69 Å². The molecule has 0 radical (unpaired) electrons. The highest BCUT2D eigenvalue weighted by atomic mass is 15.1. The van der Waals surface area contributed by atoms with Gasteiger partial charge in [-0.05, 0) is 30.4 Å². The maximum atomic E-state index is 5.91. The van der Waals surface area contributed by atoms with Gasteiger partial charge in [0.05, 0.1) is 11.9 Å². The molecule has 1 aliphatic rings. The van der Waals surface area contributed by atoms with E-state index >= 15 is 0 Å². The van der Waals surface area contributed by atoms with Crippen LogP contribution in [0.15, 0.2) is 18.5 Å². The van der Waals surface area contributed by atoms with Gasteiger partial charge in [-0.3, -0.25) is 4.98 Å². The van der Waals surface area contributed by atoms with Gasteiger partial charge in [-0.2, -0.15) is 0 Å². The second kappa shape index (κ2) is 4.83. The summed E-state index contributed by atoms with van der Waals surface area (Å²) in [6, 6.07) is 2.65. The van der Waals surface area contributed by atoms with Gasteiger partial charge in [0.1, 0.15) is 0 Å². The Bertz CT molecular complexity index is 341. The van der Waals surface area contributed by atoms with Crippen LogP contribution in [0, 0.1) is 0 Å². The van der Waals surface area contributed by atoms with E-state index in [1.165, 1.54) is 11.3 Å². The van der Waals surface area contributed by atoms with Gasteiger partial charge in [0, 0.05) is 25.3 Å². The fourth-order valence-corrected chi connectivity index (χ4v) is 2.09. The molecule has 0 spiro atoms. The Morgan fingerprint density at radius 1 is 1.31 bits per heavy atom. The monoisotopic (exact) mass is 219 g/mol. The van der Waals surface area contributed by atoms with Gasteiger partial charge in [-0.15, -0.1) is 0 Å². The Kier molecular flexibility index (Phi) is 3.44. The lowest BCUT2D eigenvalue weighted by atomic mass is 10.0. The van der Waals surface area contributed by atoms with Crippen LogP contribution in [0.2, 0.25) is 0 Å². The smallest absolute Gasteiger partial charge is 0.0555 e. The van der Waals surface area contributed by atoms with E-state index < -0.39 is 0 Å². The molecule has 0 saturated carbocycles. The Balaban J connectivity index is 2.11. The Morgan fingerprint density at radius 3 is 2.62 bits per heavy atom. The van der Waals surface area contributed by atoms with E-state index in [4.69, 9.17) is 5.73 Å². The highest BCUT2D eigenvalue weighted by molar-refractivity contribution is 5.47. The molecule has 1 aromatic heterocycles. The van der Waals surface area contributed by atoms with Crippen molar-refractivity contribution in [2.24, 2.45) is 5.73 Å². The number of rotatable bonds is 2. The van der Waals surface area contributed by atoms with E-state index in [9.17, 15) is 0 Å². The van der Waals surface area contributed by atoms with Gasteiger partial charge < -0.3 is 10.6 Å². The fourth-order valence-electron chi connectivity index (χ4n) is 2.09. The van der Waals surface area contributed by atoms with E-state index in [0.717, 1.165) is 25.9 Å². The van der Waals surface area contributed by atoms with Crippen molar-refractivity contribution < 1.29 is 0 Å². The summed E-state index contributed by atoms with van der Waals surface area (Å²) in [4.78, 5) is 6.72. The molecule has 3 nitrogen and oxygen atoms in total. The van der Waals surface area contributed by atoms with Gasteiger partial charge in [-0.25, -0.2) is 0 Å². The van der Waals surface area contributed by atoms with Crippen LogP contribution in [0.4, 0.5) is 5.69 Å². The molecule has 0 unspecified atom stereocenters. The molecule has 0 aromatic carbocycles. The minimum absolute atomic E-state index is 0.387.